The number of amides is 6. The van der Waals surface area contributed by atoms with Gasteiger partial charge in [-0.25, -0.2) is 9.97 Å². The number of aliphatic hydroxyl groups excluding tert-OH is 2. The molecule has 0 spiro atoms. The Bertz CT molecular complexity index is 2510. The summed E-state index contributed by atoms with van der Waals surface area (Å²) in [6.45, 7) is 17.1. The van der Waals surface area contributed by atoms with Crippen LogP contribution in [-0.2, 0) is 70.3 Å². The number of thiazole rings is 2. The number of hydrogen-bond acceptors (Lipinski definition) is 18. The number of aryl methyl sites for hydroxylation is 2. The van der Waals surface area contributed by atoms with Crippen LogP contribution in [0.4, 0.5) is 0 Å². The summed E-state index contributed by atoms with van der Waals surface area (Å²) in [5.74, 6) is -2.72. The number of aromatic nitrogens is 2. The molecule has 4 aromatic rings. The molecule has 0 saturated carbocycles. The molecule has 4 heterocycles. The van der Waals surface area contributed by atoms with Crippen LogP contribution in [-0.4, -0.2) is 194 Å². The van der Waals surface area contributed by atoms with E-state index in [2.05, 4.69) is 31.2 Å². The van der Waals surface area contributed by atoms with Crippen LogP contribution in [0, 0.1) is 24.7 Å². The fraction of sp³-hybridized carbons (Fsp3) is 0.586. The average Bonchev–Trinajstić information content (AvgIpc) is 4.30. The molecule has 0 unspecified atom stereocenters. The van der Waals surface area contributed by atoms with Gasteiger partial charge in [0, 0.05) is 39.0 Å². The molecule has 6 atom stereocenters. The van der Waals surface area contributed by atoms with Crippen LogP contribution in [0.5, 0.6) is 0 Å². The van der Waals surface area contributed by atoms with E-state index in [1.54, 1.807) is 33.7 Å². The highest BCUT2D eigenvalue weighted by Crippen LogP contribution is 2.31. The van der Waals surface area contributed by atoms with E-state index in [0.717, 1.165) is 43.4 Å². The predicted octanol–water partition coefficient (Wildman–Crippen LogP) is 3.57. The van der Waals surface area contributed by atoms with Crippen LogP contribution < -0.4 is 21.3 Å². The first-order chi connectivity index (χ1) is 39.1. The summed E-state index contributed by atoms with van der Waals surface area (Å²) >= 11 is 3.12. The van der Waals surface area contributed by atoms with E-state index in [1.807, 2.05) is 104 Å². The molecule has 2 aliphatic heterocycles. The van der Waals surface area contributed by atoms with E-state index in [-0.39, 0.29) is 104 Å². The third kappa shape index (κ3) is 19.9. The second-order valence-electron chi connectivity index (χ2n) is 22.4. The molecular weight excluding hydrogens is 1100 g/mol. The first-order valence-electron chi connectivity index (χ1n) is 27.7. The zero-order valence-electron chi connectivity index (χ0n) is 48.4. The first-order valence-corrected chi connectivity index (χ1v) is 29.4. The molecule has 2 aliphatic rings. The summed E-state index contributed by atoms with van der Waals surface area (Å²) in [5.41, 5.74) is 7.90. The maximum absolute atomic E-state index is 13.9. The summed E-state index contributed by atoms with van der Waals surface area (Å²) in [7, 11) is 0. The lowest BCUT2D eigenvalue weighted by Crippen LogP contribution is -2.58. The van der Waals surface area contributed by atoms with E-state index in [4.69, 9.17) is 28.4 Å². The van der Waals surface area contributed by atoms with Crippen molar-refractivity contribution in [2.45, 2.75) is 118 Å². The molecule has 0 bridgehead atoms. The molecule has 24 heteroatoms. The molecule has 2 fully saturated rings. The normalized spacial score (nSPS) is 18.1. The first kappa shape index (κ1) is 65.4. The van der Waals surface area contributed by atoms with Crippen molar-refractivity contribution in [1.29, 1.82) is 0 Å². The minimum absolute atomic E-state index is 0.0349. The zero-order chi connectivity index (χ0) is 59.4. The van der Waals surface area contributed by atoms with Gasteiger partial charge in [0.15, 0.2) is 0 Å². The Morgan fingerprint density at radius 3 is 1.15 bits per heavy atom. The third-order valence-corrected chi connectivity index (χ3v) is 15.7. The number of carbonyl (C=O) groups is 6. The van der Waals surface area contributed by atoms with Crippen LogP contribution in [0.2, 0.25) is 0 Å². The number of β-amino-alcohol motifs (C(OH)–C–C–N with tert-alkyl or cyclic N) is 2. The van der Waals surface area contributed by atoms with Gasteiger partial charge < -0.3 is 69.7 Å². The third-order valence-electron chi connectivity index (χ3n) is 13.7. The van der Waals surface area contributed by atoms with E-state index >= 15 is 0 Å². The Morgan fingerprint density at radius 1 is 0.537 bits per heavy atom. The van der Waals surface area contributed by atoms with Gasteiger partial charge in [-0.05, 0) is 46.9 Å². The lowest BCUT2D eigenvalue weighted by molar-refractivity contribution is -0.144. The number of hydrogen-bond donors (Lipinski definition) is 6. The van der Waals surface area contributed by atoms with Crippen LogP contribution >= 0.6 is 22.7 Å². The van der Waals surface area contributed by atoms with Crippen LogP contribution in [0.1, 0.15) is 76.9 Å². The largest absolute Gasteiger partial charge is 0.391 e. The predicted molar refractivity (Wildman–Crippen MR) is 308 cm³/mol. The van der Waals surface area contributed by atoms with Crippen molar-refractivity contribution in [1.82, 2.24) is 41.0 Å². The number of benzene rings is 2. The highest BCUT2D eigenvalue weighted by molar-refractivity contribution is 7.13. The molecule has 2 saturated heterocycles. The van der Waals surface area contributed by atoms with Crippen molar-refractivity contribution in [3.63, 3.8) is 0 Å². The number of likely N-dealkylation sites (tertiary alicyclic amines) is 2. The molecule has 22 nitrogen and oxygen atoms in total. The van der Waals surface area contributed by atoms with Crippen molar-refractivity contribution in [3.8, 4) is 20.9 Å². The second kappa shape index (κ2) is 31.7. The summed E-state index contributed by atoms with van der Waals surface area (Å²) < 4.78 is 33.2. The lowest BCUT2D eigenvalue weighted by atomic mass is 9.85. The molecule has 6 rings (SSSR count). The topological polar surface area (TPSA) is 279 Å². The van der Waals surface area contributed by atoms with Crippen molar-refractivity contribution in [3.05, 3.63) is 82.1 Å². The quantitative estimate of drug-likeness (QED) is 0.0393. The van der Waals surface area contributed by atoms with Crippen molar-refractivity contribution < 1.29 is 67.4 Å². The molecule has 6 N–H and O–H groups in total. The highest BCUT2D eigenvalue weighted by Gasteiger charge is 2.46. The molecule has 2 aromatic heterocycles. The molecule has 2 aromatic carbocycles. The minimum atomic E-state index is -0.988. The number of carbonyl (C=O) groups excluding carboxylic acids is 6. The van der Waals surface area contributed by atoms with Gasteiger partial charge in [-0.1, -0.05) is 90.1 Å². The summed E-state index contributed by atoms with van der Waals surface area (Å²) in [6, 6.07) is 11.9. The Hall–Kier alpha value is -5.80. The number of rotatable bonds is 31. The van der Waals surface area contributed by atoms with Gasteiger partial charge in [-0.3, -0.25) is 28.8 Å². The maximum Gasteiger partial charge on any atom is 0.246 e. The van der Waals surface area contributed by atoms with Crippen molar-refractivity contribution in [2.75, 3.05) is 92.4 Å². The van der Waals surface area contributed by atoms with E-state index in [1.165, 1.54) is 9.80 Å². The van der Waals surface area contributed by atoms with Gasteiger partial charge in [0.2, 0.25) is 35.4 Å². The Balaban J connectivity index is 0.763. The molecule has 82 heavy (non-hydrogen) atoms. The van der Waals surface area contributed by atoms with Gasteiger partial charge in [-0.15, -0.1) is 22.7 Å². The highest BCUT2D eigenvalue weighted by atomic mass is 32.1. The van der Waals surface area contributed by atoms with E-state index < -0.39 is 70.8 Å². The number of ether oxygens (including phenoxy) is 6. The fourth-order valence-electron chi connectivity index (χ4n) is 9.29. The number of aliphatic hydroxyl groups is 2. The van der Waals surface area contributed by atoms with Crippen LogP contribution in [0.25, 0.3) is 20.9 Å². The second-order valence-corrected chi connectivity index (χ2v) is 24.2. The fourth-order valence-corrected chi connectivity index (χ4v) is 10.9. The molecular formula is C58H82N8O14S2. The van der Waals surface area contributed by atoms with Crippen molar-refractivity contribution >= 4 is 58.1 Å². The van der Waals surface area contributed by atoms with Crippen molar-refractivity contribution in [2.24, 2.45) is 10.8 Å². The SMILES string of the molecule is Cc1ncsc1-c1ccc(CNC(=O)[C@@H]2C[C@@H](O)CN2C(=O)[C@@H](NC(=O)COCCOCCOCCOCCOCCOCC(=O)N[C@H](C(=O)N2C[C@H](O)C[C@H]2C(=O)NCc2ccc(-c3scnc3C)cc2)C(C)(C)C)C(C)(C)C)cc1. The molecule has 0 aliphatic carbocycles. The Morgan fingerprint density at radius 2 is 0.854 bits per heavy atom. The lowest BCUT2D eigenvalue weighted by Gasteiger charge is -2.35. The summed E-state index contributed by atoms with van der Waals surface area (Å²) in [4.78, 5) is 94.2. The number of nitrogens with one attached hydrogen (secondary N) is 4. The summed E-state index contributed by atoms with van der Waals surface area (Å²) in [5, 5.41) is 32.5. The maximum atomic E-state index is 13.9. The minimum Gasteiger partial charge on any atom is -0.391 e. The Kier molecular flexibility index (Phi) is 25.3. The molecule has 450 valence electrons. The van der Waals surface area contributed by atoms with E-state index in [9.17, 15) is 39.0 Å². The van der Waals surface area contributed by atoms with Gasteiger partial charge in [0.05, 0.1) is 110 Å². The van der Waals surface area contributed by atoms with E-state index in [0.29, 0.717) is 26.4 Å². The number of nitrogens with zero attached hydrogens (tertiary/aromatic N) is 4. The molecule has 0 radical (unpaired) electrons. The average molecular weight is 1180 g/mol. The molecule has 6 amide bonds. The smallest absolute Gasteiger partial charge is 0.246 e. The van der Waals surface area contributed by atoms with Gasteiger partial charge in [-0.2, -0.15) is 0 Å². The van der Waals surface area contributed by atoms with Gasteiger partial charge in [0.1, 0.15) is 37.4 Å². The summed E-state index contributed by atoms with van der Waals surface area (Å²) in [6.07, 6.45) is -1.62. The zero-order valence-corrected chi connectivity index (χ0v) is 50.0. The monoisotopic (exact) mass is 1180 g/mol. The van der Waals surface area contributed by atoms with Crippen LogP contribution in [0.15, 0.2) is 59.6 Å². The Labute approximate surface area is 488 Å². The van der Waals surface area contributed by atoms with Gasteiger partial charge >= 0.3 is 0 Å². The van der Waals surface area contributed by atoms with Gasteiger partial charge in [0.25, 0.3) is 0 Å². The standard InChI is InChI=1S/C58H82N8O14S2/c1-37-49(81-35-61-37)41-13-9-39(10-14-41)29-59-53(71)45-27-43(67)31-65(45)55(73)51(57(3,4)5)63-47(69)33-79-25-23-77-21-19-75-17-18-76-20-22-78-24-26-80-34-48(70)64-52(58(6,7)8)56(74)66-32-44(68)28-46(66)54(72)60-30-40-11-15-42(16-12-40)50-38(2)62-36-82-50/h9-16,35-36,43-46,51-52,67-68H,17-34H2,1-8H3,(H,59,71)(H,60,72)(H,63,69)(H,64,70)/t43-,44-,45+,46+,51-,52-/m1/s1. The van der Waals surface area contributed by atoms with Crippen LogP contribution in [0.3, 0.4) is 0 Å².